The monoisotopic (exact) mass is 268 g/mol. The molecule has 0 unspecified atom stereocenters. The maximum atomic E-state index is 13.3. The van der Waals surface area contributed by atoms with Crippen LogP contribution in [0.1, 0.15) is 11.1 Å². The Hall–Kier alpha value is -1.18. The van der Waals surface area contributed by atoms with Gasteiger partial charge in [0.1, 0.15) is 5.82 Å². The second-order valence-corrected chi connectivity index (χ2v) is 4.16. The van der Waals surface area contributed by atoms with Gasteiger partial charge < -0.3 is 5.32 Å². The van der Waals surface area contributed by atoms with Crippen molar-refractivity contribution in [3.8, 4) is 6.07 Å². The fraction of sp³-hybridized carbons (Fsp3) is 0.182. The molecule has 2 nitrogen and oxygen atoms in total. The van der Waals surface area contributed by atoms with Crippen molar-refractivity contribution < 1.29 is 4.39 Å². The highest BCUT2D eigenvalue weighted by molar-refractivity contribution is 9.11. The summed E-state index contributed by atoms with van der Waals surface area (Å²) in [7, 11) is 0. The smallest absolute Gasteiger partial charge is 0.129 e. The lowest BCUT2D eigenvalue weighted by Crippen LogP contribution is -2.15. The Labute approximate surface area is 96.5 Å². The average molecular weight is 269 g/mol. The second-order valence-electron chi connectivity index (χ2n) is 3.04. The third kappa shape index (κ3) is 3.82. The molecule has 15 heavy (non-hydrogen) atoms. The van der Waals surface area contributed by atoms with Crippen LogP contribution >= 0.6 is 15.9 Å². The number of nitriles is 1. The molecule has 0 heterocycles. The largest absolute Gasteiger partial charge is 0.308 e. The van der Waals surface area contributed by atoms with E-state index in [9.17, 15) is 4.39 Å². The number of benzene rings is 1. The summed E-state index contributed by atoms with van der Waals surface area (Å²) in [6, 6.07) is 6.33. The third-order valence-electron chi connectivity index (χ3n) is 1.81. The maximum absolute atomic E-state index is 13.3. The molecule has 0 bridgehead atoms. The maximum Gasteiger partial charge on any atom is 0.129 e. The van der Waals surface area contributed by atoms with E-state index in [2.05, 4.69) is 27.8 Å². The molecule has 0 saturated carbocycles. The summed E-state index contributed by atoms with van der Waals surface area (Å²) in [4.78, 5) is 0. The Kier molecular flexibility index (Phi) is 4.47. The summed E-state index contributed by atoms with van der Waals surface area (Å²) in [6.07, 6.45) is 0. The van der Waals surface area contributed by atoms with Crippen LogP contribution in [0.5, 0.6) is 0 Å². The van der Waals surface area contributed by atoms with Crippen molar-refractivity contribution in [2.45, 2.75) is 6.54 Å². The number of hydrogen-bond donors (Lipinski definition) is 1. The topological polar surface area (TPSA) is 35.8 Å². The molecule has 0 aliphatic rings. The van der Waals surface area contributed by atoms with Gasteiger partial charge in [0.15, 0.2) is 0 Å². The fourth-order valence-electron chi connectivity index (χ4n) is 1.09. The lowest BCUT2D eigenvalue weighted by Gasteiger charge is -2.05. The summed E-state index contributed by atoms with van der Waals surface area (Å²) in [5.74, 6) is -0.360. The normalized spacial score (nSPS) is 9.67. The minimum absolute atomic E-state index is 0.334. The van der Waals surface area contributed by atoms with E-state index in [1.54, 1.807) is 12.1 Å². The van der Waals surface area contributed by atoms with Gasteiger partial charge in [0.2, 0.25) is 0 Å². The molecule has 78 valence electrons. The van der Waals surface area contributed by atoms with Gasteiger partial charge in [0.05, 0.1) is 11.6 Å². The van der Waals surface area contributed by atoms with Crippen LogP contribution in [0, 0.1) is 17.1 Å². The first-order valence-electron chi connectivity index (χ1n) is 4.36. The van der Waals surface area contributed by atoms with Gasteiger partial charge in [-0.25, -0.2) is 4.39 Å². The summed E-state index contributed by atoms with van der Waals surface area (Å²) < 4.78 is 14.2. The molecular weight excluding hydrogens is 259 g/mol. The van der Waals surface area contributed by atoms with Crippen molar-refractivity contribution in [2.24, 2.45) is 0 Å². The number of nitrogens with one attached hydrogen (secondary N) is 1. The molecule has 0 fully saturated rings. The van der Waals surface area contributed by atoms with Crippen molar-refractivity contribution in [3.63, 3.8) is 0 Å². The number of hydrogen-bond acceptors (Lipinski definition) is 2. The summed E-state index contributed by atoms with van der Waals surface area (Å²) in [6.45, 7) is 4.66. The highest BCUT2D eigenvalue weighted by Gasteiger charge is 2.02. The van der Waals surface area contributed by atoms with Crippen molar-refractivity contribution in [1.29, 1.82) is 5.26 Å². The van der Waals surface area contributed by atoms with Gasteiger partial charge in [0, 0.05) is 23.1 Å². The summed E-state index contributed by atoms with van der Waals surface area (Å²) in [5, 5.41) is 11.6. The van der Waals surface area contributed by atoms with Crippen molar-refractivity contribution in [1.82, 2.24) is 5.32 Å². The zero-order valence-corrected chi connectivity index (χ0v) is 9.64. The Morgan fingerprint density at radius 1 is 1.60 bits per heavy atom. The van der Waals surface area contributed by atoms with E-state index >= 15 is 0 Å². The molecule has 0 aromatic heterocycles. The highest BCUT2D eigenvalue weighted by atomic mass is 79.9. The number of halogens is 2. The molecule has 1 rings (SSSR count). The van der Waals surface area contributed by atoms with Gasteiger partial charge in [-0.2, -0.15) is 5.26 Å². The molecule has 0 spiro atoms. The van der Waals surface area contributed by atoms with E-state index in [0.717, 1.165) is 4.48 Å². The van der Waals surface area contributed by atoms with Crippen LogP contribution in [0.2, 0.25) is 0 Å². The highest BCUT2D eigenvalue weighted by Crippen LogP contribution is 2.09. The summed E-state index contributed by atoms with van der Waals surface area (Å²) in [5.41, 5.74) is 0.879. The first-order valence-corrected chi connectivity index (χ1v) is 5.15. The van der Waals surface area contributed by atoms with Crippen LogP contribution in [-0.4, -0.2) is 6.54 Å². The predicted molar refractivity (Wildman–Crippen MR) is 60.9 cm³/mol. The van der Waals surface area contributed by atoms with Crippen LogP contribution in [-0.2, 0) is 6.54 Å². The first-order chi connectivity index (χ1) is 7.13. The van der Waals surface area contributed by atoms with Crippen molar-refractivity contribution in [2.75, 3.05) is 6.54 Å². The van der Waals surface area contributed by atoms with Crippen LogP contribution in [0.25, 0.3) is 0 Å². The molecule has 0 atom stereocenters. The van der Waals surface area contributed by atoms with E-state index in [-0.39, 0.29) is 5.82 Å². The molecule has 0 radical (unpaired) electrons. The SMILES string of the molecule is C=C(Br)CNCc1ccc(C#N)cc1F. The lowest BCUT2D eigenvalue weighted by molar-refractivity contribution is 0.596. The van der Waals surface area contributed by atoms with Crippen molar-refractivity contribution in [3.05, 3.63) is 46.2 Å². The van der Waals surface area contributed by atoms with Gasteiger partial charge >= 0.3 is 0 Å². The minimum Gasteiger partial charge on any atom is -0.308 e. The molecule has 1 aromatic rings. The van der Waals surface area contributed by atoms with Crippen LogP contribution in [0.3, 0.4) is 0 Å². The standard InChI is InChI=1S/C11H10BrFN2/c1-8(12)6-15-7-10-3-2-9(5-14)4-11(10)13/h2-4,15H,1,6-7H2. The van der Waals surface area contributed by atoms with E-state index in [1.807, 2.05) is 6.07 Å². The molecule has 0 aliphatic carbocycles. The zero-order valence-electron chi connectivity index (χ0n) is 8.06. The fourth-order valence-corrected chi connectivity index (χ4v) is 1.29. The molecule has 4 heteroatoms. The molecule has 0 aliphatic heterocycles. The summed E-state index contributed by atoms with van der Waals surface area (Å²) >= 11 is 3.20. The van der Waals surface area contributed by atoms with E-state index in [1.165, 1.54) is 6.07 Å². The minimum atomic E-state index is -0.360. The van der Waals surface area contributed by atoms with Crippen LogP contribution in [0.15, 0.2) is 29.3 Å². The zero-order chi connectivity index (χ0) is 11.3. The Bertz CT molecular complexity index is 410. The van der Waals surface area contributed by atoms with Gasteiger partial charge in [-0.15, -0.1) is 0 Å². The second kappa shape index (κ2) is 5.64. The third-order valence-corrected chi connectivity index (χ3v) is 2.09. The molecule has 0 saturated heterocycles. The molecular formula is C11H10BrFN2. The van der Waals surface area contributed by atoms with E-state index in [0.29, 0.717) is 24.2 Å². The van der Waals surface area contributed by atoms with Crippen molar-refractivity contribution >= 4 is 15.9 Å². The predicted octanol–water partition coefficient (Wildman–Crippen LogP) is 2.70. The number of nitrogens with zero attached hydrogens (tertiary/aromatic N) is 1. The molecule has 1 aromatic carbocycles. The van der Waals surface area contributed by atoms with Gasteiger partial charge in [-0.3, -0.25) is 0 Å². The average Bonchev–Trinajstić information content (AvgIpc) is 2.20. The Morgan fingerprint density at radius 3 is 2.87 bits per heavy atom. The van der Waals surface area contributed by atoms with Crippen LogP contribution in [0.4, 0.5) is 4.39 Å². The van der Waals surface area contributed by atoms with E-state index < -0.39 is 0 Å². The Morgan fingerprint density at radius 2 is 2.33 bits per heavy atom. The van der Waals surface area contributed by atoms with Crippen LogP contribution < -0.4 is 5.32 Å². The first kappa shape index (κ1) is 11.9. The molecule has 0 amide bonds. The van der Waals surface area contributed by atoms with E-state index in [4.69, 9.17) is 5.26 Å². The quantitative estimate of drug-likeness (QED) is 0.912. The van der Waals surface area contributed by atoms with Gasteiger partial charge in [0.25, 0.3) is 0 Å². The van der Waals surface area contributed by atoms with Gasteiger partial charge in [-0.1, -0.05) is 28.6 Å². The Balaban J connectivity index is 2.63. The molecule has 1 N–H and O–H groups in total. The van der Waals surface area contributed by atoms with Gasteiger partial charge in [-0.05, 0) is 12.1 Å². The lowest BCUT2D eigenvalue weighted by atomic mass is 10.1. The number of rotatable bonds is 4.